The Kier molecular flexibility index (Phi) is 48.6. The highest BCUT2D eigenvalue weighted by Crippen LogP contribution is 2.45. The lowest BCUT2D eigenvalue weighted by Crippen LogP contribution is -2.49. The first-order chi connectivity index (χ1) is 55.0. The van der Waals surface area contributed by atoms with Crippen LogP contribution in [0.3, 0.4) is 0 Å². The minimum Gasteiger partial charge on any atom is -0.381 e. The van der Waals surface area contributed by atoms with Gasteiger partial charge in [-0.25, -0.2) is 0 Å². The van der Waals surface area contributed by atoms with E-state index in [2.05, 4.69) is 304 Å². The molecule has 120 heavy (non-hydrogen) atoms. The van der Waals surface area contributed by atoms with E-state index in [4.69, 9.17) is 9.47 Å². The van der Waals surface area contributed by atoms with Crippen molar-refractivity contribution in [3.8, 4) is 0 Å². The van der Waals surface area contributed by atoms with Gasteiger partial charge in [-0.05, 0) is 429 Å². The third-order valence-electron chi connectivity index (χ3n) is 31.4. The van der Waals surface area contributed by atoms with Crippen LogP contribution in [-0.4, -0.2) is 249 Å². The van der Waals surface area contributed by atoms with Gasteiger partial charge in [0.05, 0.1) is 13.2 Å². The molecular formula is C106H220N12O2. The Hall–Kier alpha value is -0.560. The van der Waals surface area contributed by atoms with E-state index in [1.807, 2.05) is 0 Å². The molecule has 14 nitrogen and oxygen atoms in total. The van der Waals surface area contributed by atoms with Crippen LogP contribution >= 0.6 is 0 Å². The summed E-state index contributed by atoms with van der Waals surface area (Å²) in [5.41, 5.74) is 9.17. The molecule has 0 amide bonds. The summed E-state index contributed by atoms with van der Waals surface area (Å²) in [6.45, 7) is 96.9. The van der Waals surface area contributed by atoms with Gasteiger partial charge < -0.3 is 65.9 Å². The molecule has 4 bridgehead atoms. The summed E-state index contributed by atoms with van der Waals surface area (Å²) in [5, 5.41) is 20.0. The maximum atomic E-state index is 5.16. The third kappa shape index (κ3) is 50.6. The molecule has 19 aliphatic rings. The zero-order valence-electron chi connectivity index (χ0n) is 88.3. The second-order valence-corrected chi connectivity index (χ2v) is 52.6. The summed E-state index contributed by atoms with van der Waals surface area (Å²) in [6, 6.07) is 0.940. The quantitative estimate of drug-likeness (QED) is 0.138. The van der Waals surface area contributed by atoms with Gasteiger partial charge in [-0.15, -0.1) is 0 Å². The molecule has 6 N–H and O–H groups in total. The molecule has 0 atom stereocenters. The molecule has 14 heteroatoms. The van der Waals surface area contributed by atoms with E-state index in [0.29, 0.717) is 76.4 Å². The van der Waals surface area contributed by atoms with Crippen molar-refractivity contribution >= 4 is 0 Å². The summed E-state index contributed by atoms with van der Waals surface area (Å²) in [6.07, 6.45) is 43.1. The van der Waals surface area contributed by atoms with Crippen LogP contribution in [0.15, 0.2) is 0 Å². The first kappa shape index (κ1) is 114. The lowest BCUT2D eigenvalue weighted by molar-refractivity contribution is 0.0405. The van der Waals surface area contributed by atoms with Gasteiger partial charge in [0.1, 0.15) is 0 Å². The van der Waals surface area contributed by atoms with Gasteiger partial charge >= 0.3 is 0 Å². The van der Waals surface area contributed by atoms with Crippen LogP contribution in [0.5, 0.6) is 0 Å². The molecule has 2 aliphatic carbocycles. The van der Waals surface area contributed by atoms with Crippen molar-refractivity contribution in [3.05, 3.63) is 0 Å². The SMILES string of the molecule is CC1(C)CCC1.CC1(C)CCCC1.CC1(C)CCCN1.CC1(C)CCCN1.CC1(C)CCNC1.CC1(C)CCNC1.CC1(C)CCNCC1.CC1(C)CCOC1.CC1(C)CCOC1.CC1(C)CNC1.CC12CCN(CC1)CC2.CN1C2CCC1(C)CC2.CN1CCC(C)(C)C1.CN1CCC(C)(C)CC1.CN1CCCC1(C)C.CN1CCCC1(C)C. The van der Waals surface area contributed by atoms with E-state index >= 15 is 0 Å². The van der Waals surface area contributed by atoms with Crippen molar-refractivity contribution in [2.75, 3.05) is 186 Å². The van der Waals surface area contributed by atoms with Gasteiger partial charge in [-0.1, -0.05) is 165 Å². The summed E-state index contributed by atoms with van der Waals surface area (Å²) in [4.78, 5) is 14.8. The molecule has 0 aromatic heterocycles. The molecule has 2 saturated carbocycles. The topological polar surface area (TPSA) is 110 Å². The van der Waals surface area contributed by atoms with Crippen LogP contribution in [0.1, 0.15) is 407 Å². The number of nitrogens with one attached hydrogen (secondary N) is 6. The fraction of sp³-hybridized carbons (Fsp3) is 1.00. The van der Waals surface area contributed by atoms with E-state index in [1.165, 1.54) is 323 Å². The molecule has 17 aliphatic heterocycles. The monoisotopic (exact) mass is 1690 g/mol. The first-order valence-electron chi connectivity index (χ1n) is 50.8. The van der Waals surface area contributed by atoms with Crippen LogP contribution in [0, 0.1) is 59.6 Å². The van der Waals surface area contributed by atoms with Crippen LogP contribution in [0.25, 0.3) is 0 Å². The zero-order chi connectivity index (χ0) is 90.9. The van der Waals surface area contributed by atoms with Crippen molar-refractivity contribution in [1.29, 1.82) is 0 Å². The molecule has 17 saturated heterocycles. The van der Waals surface area contributed by atoms with Gasteiger partial charge in [0, 0.05) is 79.7 Å². The van der Waals surface area contributed by atoms with Crippen molar-refractivity contribution in [1.82, 2.24) is 61.3 Å². The summed E-state index contributed by atoms with van der Waals surface area (Å²) in [7, 11) is 11.1. The maximum Gasteiger partial charge on any atom is 0.0517 e. The van der Waals surface area contributed by atoms with Gasteiger partial charge in [-0.3, -0.25) is 4.90 Å². The number of hydrogen-bond acceptors (Lipinski definition) is 14. The molecule has 19 fully saturated rings. The maximum absolute atomic E-state index is 5.16. The fourth-order valence-electron chi connectivity index (χ4n) is 18.9. The average Bonchev–Trinajstić information content (AvgIpc) is 1.62. The van der Waals surface area contributed by atoms with Crippen molar-refractivity contribution in [2.45, 2.75) is 440 Å². The van der Waals surface area contributed by atoms with E-state index in [9.17, 15) is 0 Å². The molecular weight excluding hydrogens is 1470 g/mol. The van der Waals surface area contributed by atoms with Gasteiger partial charge in [0.2, 0.25) is 0 Å². The minimum absolute atomic E-state index is 0.444. The number of ether oxygens (including phenoxy) is 2. The standard InChI is InChI=1S/2C8H15N.C8H17N.4C7H15N.C7H14.4C6H13N.2C6H12O.C6H12.C5H11N/c1-8-5-3-7(4-6-8)9(8)2;1-8-2-5-9(6-3-8)7-4-8;1-8(2)4-6-9(3)7-5-8;1-7(2)4-5-8(3)6-7;2*1-7(2)5-4-6-8(7)3;1-7(2)3-5-8-6-4-7;1-7(2)5-3-4-6-7;2*1-6(2)3-4-7-5-6;2*1-6(2)4-3-5-7-6;2*1-6(2)3-4-7-5-6;1-6(2)4-3-5-6;1-5(2)3-6-4-5/h7H,3-6H2,1-2H3;2-7H2,1H3;4-7H2,1-3H3;3*4-6H2,1-3H3;8H,3-6H2,1-2H3;3-6H2,1-2H3;4*7H,3-5H2,1-2H3;2*3-5H2,1-2H3;3-5H2,1-2H3;6H,3-4H2,1-2H3. The Morgan fingerprint density at radius 2 is 0.608 bits per heavy atom. The van der Waals surface area contributed by atoms with Crippen molar-refractivity contribution in [2.24, 2.45) is 59.6 Å². The summed E-state index contributed by atoms with van der Waals surface area (Å²) >= 11 is 0. The smallest absolute Gasteiger partial charge is 0.0517 e. The van der Waals surface area contributed by atoms with E-state index in [0.717, 1.165) is 43.3 Å². The fourth-order valence-corrected chi connectivity index (χ4v) is 18.9. The summed E-state index contributed by atoms with van der Waals surface area (Å²) in [5.74, 6) is 0. The zero-order valence-corrected chi connectivity index (χ0v) is 88.3. The van der Waals surface area contributed by atoms with Gasteiger partial charge in [-0.2, -0.15) is 0 Å². The molecule has 0 spiro atoms. The van der Waals surface area contributed by atoms with Crippen molar-refractivity contribution < 1.29 is 9.47 Å². The Bertz CT molecular complexity index is 2330. The molecule has 716 valence electrons. The molecule has 0 aromatic rings. The molecule has 0 radical (unpaired) electrons. The molecule has 0 aromatic carbocycles. The number of piperidine rings is 5. The summed E-state index contributed by atoms with van der Waals surface area (Å²) < 4.78 is 10.3. The second-order valence-electron chi connectivity index (χ2n) is 52.6. The Morgan fingerprint density at radius 3 is 0.725 bits per heavy atom. The van der Waals surface area contributed by atoms with E-state index < -0.39 is 0 Å². The Morgan fingerprint density at radius 1 is 0.258 bits per heavy atom. The Labute approximate surface area is 752 Å². The lowest BCUT2D eigenvalue weighted by atomic mass is 9.72. The molecule has 0 unspecified atom stereocenters. The predicted molar refractivity (Wildman–Crippen MR) is 531 cm³/mol. The predicted octanol–water partition coefficient (Wildman–Crippen LogP) is 23.2. The number of nitrogens with zero attached hydrogens (tertiary/aromatic N) is 6. The van der Waals surface area contributed by atoms with Crippen LogP contribution in [0.2, 0.25) is 0 Å². The number of fused-ring (bicyclic) bond motifs is 5. The number of rotatable bonds is 0. The van der Waals surface area contributed by atoms with Gasteiger partial charge in [0.15, 0.2) is 0 Å². The first-order valence-corrected chi connectivity index (χ1v) is 50.8. The minimum atomic E-state index is 0.444. The van der Waals surface area contributed by atoms with Crippen LogP contribution < -0.4 is 31.9 Å². The average molecular weight is 1700 g/mol. The Balaban J connectivity index is 0.000000331. The molecule has 17 heterocycles. The normalized spacial score (nSPS) is 31.7. The van der Waals surface area contributed by atoms with Crippen LogP contribution in [0.4, 0.5) is 0 Å². The van der Waals surface area contributed by atoms with Gasteiger partial charge in [0.25, 0.3) is 0 Å². The third-order valence-corrected chi connectivity index (χ3v) is 31.4. The molecule has 19 rings (SSSR count). The number of likely N-dealkylation sites (tertiary alicyclic amines) is 4. The van der Waals surface area contributed by atoms with E-state index in [-0.39, 0.29) is 0 Å². The van der Waals surface area contributed by atoms with Crippen LogP contribution in [-0.2, 0) is 9.47 Å². The highest BCUT2D eigenvalue weighted by molar-refractivity contribution is 5.02. The lowest BCUT2D eigenvalue weighted by Gasteiger charge is -2.46. The highest BCUT2D eigenvalue weighted by Gasteiger charge is 2.46. The second kappa shape index (κ2) is 51.3. The van der Waals surface area contributed by atoms with E-state index in [1.54, 1.807) is 0 Å². The highest BCUT2D eigenvalue weighted by atomic mass is 16.5. The van der Waals surface area contributed by atoms with Crippen molar-refractivity contribution in [3.63, 3.8) is 0 Å². The number of hydrogen-bond donors (Lipinski definition) is 6. The largest absolute Gasteiger partial charge is 0.381 e.